The van der Waals surface area contributed by atoms with E-state index in [1.165, 1.54) is 9.79 Å². The number of nitrogen functional groups attached to an aromatic ring is 1. The second kappa shape index (κ2) is 9.05. The van der Waals surface area contributed by atoms with Crippen LogP contribution >= 0.6 is 23.5 Å². The molecule has 34 heavy (non-hydrogen) atoms. The number of nitrogens with zero attached hydrogens (tertiary/aromatic N) is 2. The third-order valence-corrected chi connectivity index (χ3v) is 8.29. The van der Waals surface area contributed by atoms with E-state index in [0.29, 0.717) is 0 Å². The highest BCUT2D eigenvalue weighted by Crippen LogP contribution is 2.46. The first-order valence-corrected chi connectivity index (χ1v) is 13.1. The predicted octanol–water partition coefficient (Wildman–Crippen LogP) is 7.49. The molecule has 1 aromatic heterocycles. The Morgan fingerprint density at radius 3 is 2.00 bits per heavy atom. The molecule has 0 bridgehead atoms. The van der Waals surface area contributed by atoms with E-state index in [1.54, 1.807) is 0 Å². The number of hydrogen-bond donors (Lipinski definition) is 2. The van der Waals surface area contributed by atoms with Gasteiger partial charge in [-0.05, 0) is 30.3 Å². The predicted molar refractivity (Wildman–Crippen MR) is 146 cm³/mol. The Morgan fingerprint density at radius 2 is 1.32 bits per heavy atom. The SMILES string of the molecule is Nc1ccc(Nc2c3c(cc4nc(-c5ccccc5)c(-c5ccccc5)nc24)SCCS3)cc1. The Labute approximate surface area is 207 Å². The number of thioether (sulfide) groups is 2. The van der Waals surface area contributed by atoms with Gasteiger partial charge in [-0.15, -0.1) is 23.5 Å². The van der Waals surface area contributed by atoms with Crippen molar-refractivity contribution in [1.82, 2.24) is 9.97 Å². The van der Waals surface area contributed by atoms with Gasteiger partial charge < -0.3 is 11.1 Å². The third-order valence-electron chi connectivity index (χ3n) is 5.74. The van der Waals surface area contributed by atoms with E-state index in [-0.39, 0.29) is 0 Å². The van der Waals surface area contributed by atoms with Crippen molar-refractivity contribution in [2.24, 2.45) is 0 Å². The quantitative estimate of drug-likeness (QED) is 0.261. The molecule has 0 saturated heterocycles. The molecule has 2 heterocycles. The number of rotatable bonds is 4. The minimum atomic E-state index is 0.745. The van der Waals surface area contributed by atoms with Crippen molar-refractivity contribution < 1.29 is 0 Å². The number of aromatic nitrogens is 2. The largest absolute Gasteiger partial charge is 0.399 e. The summed E-state index contributed by atoms with van der Waals surface area (Å²) in [4.78, 5) is 13.0. The topological polar surface area (TPSA) is 63.8 Å². The summed E-state index contributed by atoms with van der Waals surface area (Å²) in [5, 5.41) is 3.65. The van der Waals surface area contributed by atoms with Gasteiger partial charge in [-0.1, -0.05) is 60.7 Å². The molecule has 1 aliphatic rings. The fourth-order valence-corrected chi connectivity index (χ4v) is 6.49. The number of benzene rings is 4. The Hall–Kier alpha value is -3.48. The molecule has 6 heteroatoms. The molecule has 4 aromatic carbocycles. The highest BCUT2D eigenvalue weighted by molar-refractivity contribution is 8.05. The molecular formula is C28H22N4S2. The van der Waals surface area contributed by atoms with Crippen LogP contribution in [0.2, 0.25) is 0 Å². The van der Waals surface area contributed by atoms with Crippen LogP contribution in [0.3, 0.4) is 0 Å². The molecule has 0 fully saturated rings. The number of nitrogens with two attached hydrogens (primary N) is 1. The minimum absolute atomic E-state index is 0.745. The van der Waals surface area contributed by atoms with Gasteiger partial charge in [0.1, 0.15) is 5.52 Å². The highest BCUT2D eigenvalue weighted by Gasteiger charge is 2.22. The molecule has 0 spiro atoms. The Kier molecular flexibility index (Phi) is 5.61. The number of anilines is 3. The Balaban J connectivity index is 1.63. The van der Waals surface area contributed by atoms with Gasteiger partial charge in [-0.2, -0.15) is 0 Å². The van der Waals surface area contributed by atoms with Crippen LogP contribution in [-0.4, -0.2) is 21.5 Å². The first-order chi connectivity index (χ1) is 16.8. The summed E-state index contributed by atoms with van der Waals surface area (Å²) in [7, 11) is 0. The molecule has 166 valence electrons. The average Bonchev–Trinajstić information content (AvgIpc) is 2.90. The average molecular weight is 479 g/mol. The van der Waals surface area contributed by atoms with Crippen molar-refractivity contribution >= 4 is 51.6 Å². The first-order valence-electron chi connectivity index (χ1n) is 11.1. The molecule has 0 unspecified atom stereocenters. The van der Waals surface area contributed by atoms with Crippen LogP contribution in [0.15, 0.2) is 101 Å². The molecule has 5 aromatic rings. The summed E-state index contributed by atoms with van der Waals surface area (Å²) in [6, 6.07) is 30.7. The fraction of sp³-hybridized carbons (Fsp3) is 0.0714. The van der Waals surface area contributed by atoms with Crippen LogP contribution in [0, 0.1) is 0 Å². The van der Waals surface area contributed by atoms with Gasteiger partial charge >= 0.3 is 0 Å². The molecule has 6 rings (SSSR count). The highest BCUT2D eigenvalue weighted by atomic mass is 32.2. The van der Waals surface area contributed by atoms with E-state index in [9.17, 15) is 0 Å². The van der Waals surface area contributed by atoms with E-state index < -0.39 is 0 Å². The third kappa shape index (κ3) is 4.00. The van der Waals surface area contributed by atoms with Crippen molar-refractivity contribution in [3.05, 3.63) is 91.0 Å². The van der Waals surface area contributed by atoms with Gasteiger partial charge in [-0.3, -0.25) is 0 Å². The van der Waals surface area contributed by atoms with Crippen LogP contribution < -0.4 is 11.1 Å². The fourth-order valence-electron chi connectivity index (χ4n) is 4.12. The molecule has 0 saturated carbocycles. The van der Waals surface area contributed by atoms with Gasteiger partial charge in [-0.25, -0.2) is 9.97 Å². The maximum absolute atomic E-state index is 5.92. The number of fused-ring (bicyclic) bond motifs is 2. The van der Waals surface area contributed by atoms with Crippen molar-refractivity contribution in [3.63, 3.8) is 0 Å². The maximum atomic E-state index is 5.92. The Bertz CT molecular complexity index is 1470. The van der Waals surface area contributed by atoms with Crippen LogP contribution in [0.5, 0.6) is 0 Å². The number of nitrogens with one attached hydrogen (secondary N) is 1. The lowest BCUT2D eigenvalue weighted by Gasteiger charge is -2.22. The normalized spacial score (nSPS) is 12.9. The second-order valence-corrected chi connectivity index (χ2v) is 10.3. The summed E-state index contributed by atoms with van der Waals surface area (Å²) in [5.41, 5.74) is 14.3. The van der Waals surface area contributed by atoms with E-state index >= 15 is 0 Å². The van der Waals surface area contributed by atoms with Crippen molar-refractivity contribution in [2.45, 2.75) is 9.79 Å². The van der Waals surface area contributed by atoms with Gasteiger partial charge in [0.2, 0.25) is 0 Å². The summed E-state index contributed by atoms with van der Waals surface area (Å²) in [5.74, 6) is 2.16. The molecule has 0 aliphatic carbocycles. The molecule has 4 nitrogen and oxygen atoms in total. The molecule has 0 atom stereocenters. The lowest BCUT2D eigenvalue weighted by molar-refractivity contribution is 1.20. The van der Waals surface area contributed by atoms with E-state index in [0.717, 1.165) is 62.1 Å². The monoisotopic (exact) mass is 478 g/mol. The zero-order chi connectivity index (χ0) is 22.9. The summed E-state index contributed by atoms with van der Waals surface area (Å²) in [6.45, 7) is 0. The van der Waals surface area contributed by atoms with Crippen LogP contribution in [0.1, 0.15) is 0 Å². The summed E-state index contributed by atoms with van der Waals surface area (Å²) < 4.78 is 0. The molecule has 0 radical (unpaired) electrons. The zero-order valence-electron chi connectivity index (χ0n) is 18.4. The van der Waals surface area contributed by atoms with E-state index in [1.807, 2.05) is 84.2 Å². The minimum Gasteiger partial charge on any atom is -0.399 e. The smallest absolute Gasteiger partial charge is 0.114 e. The van der Waals surface area contributed by atoms with Crippen molar-refractivity contribution in [3.8, 4) is 22.5 Å². The van der Waals surface area contributed by atoms with Gasteiger partial charge in [0, 0.05) is 43.8 Å². The van der Waals surface area contributed by atoms with Crippen molar-refractivity contribution in [2.75, 3.05) is 22.6 Å². The zero-order valence-corrected chi connectivity index (χ0v) is 20.0. The first kappa shape index (κ1) is 21.1. The molecule has 0 amide bonds. The summed E-state index contributed by atoms with van der Waals surface area (Å²) in [6.07, 6.45) is 0. The lowest BCUT2D eigenvalue weighted by atomic mass is 10.0. The van der Waals surface area contributed by atoms with Crippen LogP contribution in [-0.2, 0) is 0 Å². The second-order valence-electron chi connectivity index (χ2n) is 8.04. The molecular weight excluding hydrogens is 456 g/mol. The number of hydrogen-bond acceptors (Lipinski definition) is 6. The Morgan fingerprint density at radius 1 is 0.706 bits per heavy atom. The van der Waals surface area contributed by atoms with Gasteiger partial charge in [0.05, 0.1) is 22.6 Å². The van der Waals surface area contributed by atoms with Crippen LogP contribution in [0.25, 0.3) is 33.5 Å². The van der Waals surface area contributed by atoms with Gasteiger partial charge in [0.15, 0.2) is 0 Å². The molecule has 3 N–H and O–H groups in total. The van der Waals surface area contributed by atoms with E-state index in [2.05, 4.69) is 35.6 Å². The lowest BCUT2D eigenvalue weighted by Crippen LogP contribution is -2.04. The standard InChI is InChI=1S/C28H22N4S2/c29-20-11-13-21(14-12-20)30-27-26-22(17-23-28(27)34-16-15-33-23)31-24(18-7-3-1-4-8-18)25(32-26)19-9-5-2-6-10-19/h1-14,17,30H,15-16,29H2. The summed E-state index contributed by atoms with van der Waals surface area (Å²) >= 11 is 3.76. The van der Waals surface area contributed by atoms with Crippen LogP contribution in [0.4, 0.5) is 17.1 Å². The van der Waals surface area contributed by atoms with Gasteiger partial charge in [0.25, 0.3) is 0 Å². The van der Waals surface area contributed by atoms with E-state index in [4.69, 9.17) is 15.7 Å². The maximum Gasteiger partial charge on any atom is 0.114 e. The molecule has 1 aliphatic heterocycles. The van der Waals surface area contributed by atoms with Crippen molar-refractivity contribution in [1.29, 1.82) is 0 Å².